The summed E-state index contributed by atoms with van der Waals surface area (Å²) in [5, 5.41) is 8.86. The van der Waals surface area contributed by atoms with Crippen molar-refractivity contribution in [3.8, 4) is 0 Å². The molecule has 0 amide bonds. The van der Waals surface area contributed by atoms with Crippen molar-refractivity contribution in [1.82, 2.24) is 0 Å². The number of unbranched alkanes of at least 4 members (excludes halogenated alkanes) is 8. The van der Waals surface area contributed by atoms with Gasteiger partial charge in [-0.2, -0.15) is 0 Å². The van der Waals surface area contributed by atoms with E-state index in [4.69, 9.17) is 14.5 Å². The molecule has 0 spiro atoms. The Kier molecular flexibility index (Phi) is 16.8. The molecule has 0 saturated carbocycles. The first kappa shape index (κ1) is 29.5. The molecule has 30 heavy (non-hydrogen) atoms. The summed E-state index contributed by atoms with van der Waals surface area (Å²) in [6.07, 6.45) is 9.52. The first-order chi connectivity index (χ1) is 14.1. The Morgan fingerprint density at radius 3 is 2.07 bits per heavy atom. The third-order valence-corrected chi connectivity index (χ3v) is 5.46. The summed E-state index contributed by atoms with van der Waals surface area (Å²) in [6, 6.07) is 0. The van der Waals surface area contributed by atoms with Gasteiger partial charge in [0.05, 0.1) is 27.7 Å². The van der Waals surface area contributed by atoms with E-state index < -0.39 is 26.5 Å². The van der Waals surface area contributed by atoms with Gasteiger partial charge in [-0.1, -0.05) is 58.3 Å². The Balaban J connectivity index is 3.84. The predicted molar refractivity (Wildman–Crippen MR) is 113 cm³/mol. The van der Waals surface area contributed by atoms with Crippen molar-refractivity contribution < 1.29 is 42.7 Å². The molecule has 9 nitrogen and oxygen atoms in total. The molecule has 0 aromatic rings. The third kappa shape index (κ3) is 19.4. The van der Waals surface area contributed by atoms with Crippen LogP contribution in [0.4, 0.5) is 0 Å². The average Bonchev–Trinajstić information content (AvgIpc) is 2.65. The monoisotopic (exact) mass is 455 g/mol. The van der Waals surface area contributed by atoms with E-state index in [1.807, 2.05) is 21.1 Å². The van der Waals surface area contributed by atoms with E-state index in [0.29, 0.717) is 11.0 Å². The van der Waals surface area contributed by atoms with Crippen molar-refractivity contribution in [3.63, 3.8) is 0 Å². The number of rotatable bonds is 20. The van der Waals surface area contributed by atoms with E-state index >= 15 is 0 Å². The number of phosphoric ester groups is 1. The minimum absolute atomic E-state index is 0.0251. The Morgan fingerprint density at radius 1 is 0.967 bits per heavy atom. The summed E-state index contributed by atoms with van der Waals surface area (Å²) in [5.41, 5.74) is 0. The Labute approximate surface area is 181 Å². The van der Waals surface area contributed by atoms with Gasteiger partial charge in [-0.3, -0.25) is 14.6 Å². The summed E-state index contributed by atoms with van der Waals surface area (Å²) in [4.78, 5) is 27.6. The lowest BCUT2D eigenvalue weighted by molar-refractivity contribution is -0.870. The fraction of sp³-hybridized carbons (Fsp3) is 0.950. The highest BCUT2D eigenvalue weighted by molar-refractivity contribution is 7.45. The molecule has 0 bridgehead atoms. The van der Waals surface area contributed by atoms with Crippen molar-refractivity contribution in [2.75, 3.05) is 47.5 Å². The minimum Gasteiger partial charge on any atom is -0.756 e. The van der Waals surface area contributed by atoms with Gasteiger partial charge in [0.25, 0.3) is 7.82 Å². The van der Waals surface area contributed by atoms with Crippen LogP contribution in [0, 0.1) is 0 Å². The molecule has 2 atom stereocenters. The molecule has 0 aromatic carbocycles. The zero-order valence-corrected chi connectivity index (χ0v) is 20.1. The number of hydrogen-bond acceptors (Lipinski definition) is 8. The van der Waals surface area contributed by atoms with Gasteiger partial charge in [0, 0.05) is 6.42 Å². The number of nitrogens with zero attached hydrogens (tertiary/aromatic N) is 1. The second-order valence-corrected chi connectivity index (χ2v) is 9.99. The highest BCUT2D eigenvalue weighted by Crippen LogP contribution is 2.38. The number of phosphoric acid groups is 1. The summed E-state index contributed by atoms with van der Waals surface area (Å²) >= 11 is 0. The molecule has 0 rings (SSSR count). The zero-order valence-electron chi connectivity index (χ0n) is 19.2. The summed E-state index contributed by atoms with van der Waals surface area (Å²) in [6.45, 7) is 1.85. The second kappa shape index (κ2) is 17.1. The lowest BCUT2D eigenvalue weighted by Gasteiger charge is -2.27. The van der Waals surface area contributed by atoms with E-state index in [9.17, 15) is 14.3 Å². The Bertz CT molecular complexity index is 484. The molecule has 1 N–H and O–H groups in total. The lowest BCUT2D eigenvalue weighted by atomic mass is 10.1. The number of quaternary nitrogens is 1. The fourth-order valence-electron chi connectivity index (χ4n) is 2.59. The first-order valence-corrected chi connectivity index (χ1v) is 12.4. The fourth-order valence-corrected chi connectivity index (χ4v) is 3.31. The van der Waals surface area contributed by atoms with Crippen molar-refractivity contribution >= 4 is 13.8 Å². The summed E-state index contributed by atoms with van der Waals surface area (Å²) in [5.74, 6) is -0.413. The molecule has 0 aliphatic carbocycles. The van der Waals surface area contributed by atoms with Crippen LogP contribution in [0.3, 0.4) is 0 Å². The number of hydrogen-bond donors (Lipinski definition) is 1. The van der Waals surface area contributed by atoms with E-state index in [2.05, 4.69) is 16.3 Å². The number of ether oxygens (including phenoxy) is 1. The standard InChI is InChI=1S/C20H42NO8P/c1-5-6-7-8-9-10-11-12-13-14-20(22)26-17-19(29-23)18-28-30(24,25)27-16-15-21(2,3)4/h19H,5-18H2,1-4H3,(H-,23,24,25)/t19-/m1/s1. The molecule has 0 aromatic heterocycles. The number of carbonyl (C=O) groups excluding carboxylic acids is 1. The molecular weight excluding hydrogens is 413 g/mol. The van der Waals surface area contributed by atoms with Gasteiger partial charge in [0.2, 0.25) is 0 Å². The van der Waals surface area contributed by atoms with Gasteiger partial charge in [0.1, 0.15) is 19.8 Å². The van der Waals surface area contributed by atoms with Gasteiger partial charge in [-0.15, -0.1) is 0 Å². The normalized spacial score (nSPS) is 15.0. The minimum atomic E-state index is -4.52. The van der Waals surface area contributed by atoms with E-state index in [-0.39, 0.29) is 19.6 Å². The van der Waals surface area contributed by atoms with Crippen LogP contribution >= 0.6 is 7.82 Å². The second-order valence-electron chi connectivity index (χ2n) is 8.58. The van der Waals surface area contributed by atoms with Gasteiger partial charge < -0.3 is 23.2 Å². The maximum absolute atomic E-state index is 11.8. The van der Waals surface area contributed by atoms with Crippen molar-refractivity contribution in [1.29, 1.82) is 0 Å². The van der Waals surface area contributed by atoms with E-state index in [1.165, 1.54) is 38.5 Å². The van der Waals surface area contributed by atoms with Crippen molar-refractivity contribution in [2.24, 2.45) is 0 Å². The quantitative estimate of drug-likeness (QED) is 0.0741. The summed E-state index contributed by atoms with van der Waals surface area (Å²) in [7, 11) is 1.18. The van der Waals surface area contributed by atoms with Gasteiger partial charge in [-0.25, -0.2) is 4.89 Å². The smallest absolute Gasteiger partial charge is 0.305 e. The molecule has 10 heteroatoms. The van der Waals surface area contributed by atoms with Crippen LogP contribution in [-0.4, -0.2) is 69.3 Å². The van der Waals surface area contributed by atoms with Crippen molar-refractivity contribution in [3.05, 3.63) is 0 Å². The van der Waals surface area contributed by atoms with Crippen LogP contribution in [0.2, 0.25) is 0 Å². The van der Waals surface area contributed by atoms with E-state index in [1.54, 1.807) is 0 Å². The highest BCUT2D eigenvalue weighted by atomic mass is 31.2. The zero-order chi connectivity index (χ0) is 22.9. The number of carbonyl (C=O) groups is 1. The molecule has 0 aliphatic heterocycles. The van der Waals surface area contributed by atoms with Gasteiger partial charge in [-0.05, 0) is 6.42 Å². The van der Waals surface area contributed by atoms with Crippen LogP contribution < -0.4 is 4.89 Å². The number of esters is 1. The highest BCUT2D eigenvalue weighted by Gasteiger charge is 2.19. The maximum Gasteiger partial charge on any atom is 0.305 e. The largest absolute Gasteiger partial charge is 0.756 e. The maximum atomic E-state index is 11.8. The van der Waals surface area contributed by atoms with Crippen LogP contribution in [-0.2, 0) is 28.0 Å². The SMILES string of the molecule is CCCCCCCCCCCC(=O)OC[C@H](COP(=O)([O-])OCC[N+](C)(C)C)OO. The molecule has 180 valence electrons. The van der Waals surface area contributed by atoms with Crippen molar-refractivity contribution in [2.45, 2.75) is 77.2 Å². The van der Waals surface area contributed by atoms with Gasteiger partial charge >= 0.3 is 5.97 Å². The van der Waals surface area contributed by atoms with E-state index in [0.717, 1.165) is 19.3 Å². The summed E-state index contributed by atoms with van der Waals surface area (Å²) < 4.78 is 26.7. The molecule has 0 saturated heterocycles. The predicted octanol–water partition coefficient (Wildman–Crippen LogP) is 3.52. The third-order valence-electron chi connectivity index (χ3n) is 4.49. The molecule has 0 fully saturated rings. The lowest BCUT2D eigenvalue weighted by Crippen LogP contribution is -2.37. The van der Waals surface area contributed by atoms with Crippen LogP contribution in [0.5, 0.6) is 0 Å². The molecule has 0 heterocycles. The first-order valence-electron chi connectivity index (χ1n) is 11.0. The molecular formula is C20H42NO8P. The topological polar surface area (TPSA) is 114 Å². The Hall–Kier alpha value is -0.540. The van der Waals surface area contributed by atoms with Crippen LogP contribution in [0.1, 0.15) is 71.1 Å². The molecule has 0 aliphatic rings. The molecule has 0 radical (unpaired) electrons. The average molecular weight is 456 g/mol. The number of likely N-dealkylation sites (N-methyl/N-ethyl adjacent to an activating group) is 1. The van der Waals surface area contributed by atoms with Crippen LogP contribution in [0.25, 0.3) is 0 Å². The Morgan fingerprint density at radius 2 is 1.53 bits per heavy atom. The van der Waals surface area contributed by atoms with Gasteiger partial charge in [0.15, 0.2) is 6.10 Å². The van der Waals surface area contributed by atoms with Crippen LogP contribution in [0.15, 0.2) is 0 Å². The molecule has 1 unspecified atom stereocenters.